The van der Waals surface area contributed by atoms with Gasteiger partial charge in [-0.15, -0.1) is 0 Å². The maximum atomic E-state index is 13.0. The normalized spacial score (nSPS) is 15.8. The quantitative estimate of drug-likeness (QED) is 0.520. The zero-order chi connectivity index (χ0) is 20.5. The second kappa shape index (κ2) is 7.88. The zero-order valence-corrected chi connectivity index (χ0v) is 17.3. The average Bonchev–Trinajstić information content (AvgIpc) is 3.20. The van der Waals surface area contributed by atoms with Gasteiger partial charge < -0.3 is 25.0 Å². The maximum Gasteiger partial charge on any atom is 0.338 e. The van der Waals surface area contributed by atoms with Gasteiger partial charge in [0.15, 0.2) is 0 Å². The number of amides is 2. The third kappa shape index (κ3) is 3.61. The Bertz CT molecular complexity index is 1090. The summed E-state index contributed by atoms with van der Waals surface area (Å²) >= 11 is 3.46. The third-order valence-electron chi connectivity index (χ3n) is 5.22. The standard InChI is InChI=1S/C21H20BrN3O4/c1-29-20(27)17-9-14(10-18-15(17)4-6-23-18)24-21(28)25-7-5-12-2-3-13(22)8-16(12)19(25)11-26/h2-4,6,8-10,19,23,26H,5,7,11H2,1H3,(H,24,28). The van der Waals surface area contributed by atoms with Crippen LogP contribution in [0.4, 0.5) is 10.5 Å². The van der Waals surface area contributed by atoms with E-state index in [2.05, 4.69) is 26.2 Å². The van der Waals surface area contributed by atoms with Crippen LogP contribution in [0.3, 0.4) is 0 Å². The van der Waals surface area contributed by atoms with Gasteiger partial charge in [0.1, 0.15) is 0 Å². The fourth-order valence-corrected chi connectivity index (χ4v) is 4.20. The molecule has 4 rings (SSSR count). The van der Waals surface area contributed by atoms with Crippen LogP contribution < -0.4 is 5.32 Å². The van der Waals surface area contributed by atoms with Gasteiger partial charge in [0, 0.05) is 33.8 Å². The molecule has 0 radical (unpaired) electrons. The van der Waals surface area contributed by atoms with Crippen LogP contribution in [0.15, 0.2) is 47.1 Å². The summed E-state index contributed by atoms with van der Waals surface area (Å²) in [6, 6.07) is 10.3. The molecule has 2 aromatic carbocycles. The van der Waals surface area contributed by atoms with Gasteiger partial charge >= 0.3 is 12.0 Å². The van der Waals surface area contributed by atoms with Crippen LogP contribution in [0.2, 0.25) is 0 Å². The van der Waals surface area contributed by atoms with Crippen molar-refractivity contribution in [3.8, 4) is 0 Å². The summed E-state index contributed by atoms with van der Waals surface area (Å²) in [4.78, 5) is 29.8. The molecule has 2 heterocycles. The molecular formula is C21H20BrN3O4. The second-order valence-electron chi connectivity index (χ2n) is 6.87. The van der Waals surface area contributed by atoms with Crippen molar-refractivity contribution in [2.45, 2.75) is 12.5 Å². The predicted octanol–water partition coefficient (Wildman–Crippen LogP) is 3.84. The van der Waals surface area contributed by atoms with Crippen molar-refractivity contribution in [2.75, 3.05) is 25.6 Å². The molecule has 3 N–H and O–H groups in total. The number of urea groups is 1. The number of fused-ring (bicyclic) bond motifs is 2. The van der Waals surface area contributed by atoms with Crippen molar-refractivity contribution in [1.82, 2.24) is 9.88 Å². The molecule has 1 aromatic heterocycles. The molecule has 150 valence electrons. The van der Waals surface area contributed by atoms with E-state index in [1.807, 2.05) is 18.2 Å². The molecular weight excluding hydrogens is 438 g/mol. The maximum absolute atomic E-state index is 13.0. The van der Waals surface area contributed by atoms with Crippen molar-refractivity contribution < 1.29 is 19.4 Å². The Morgan fingerprint density at radius 2 is 2.14 bits per heavy atom. The van der Waals surface area contributed by atoms with Gasteiger partial charge in [-0.1, -0.05) is 22.0 Å². The number of carbonyl (C=O) groups is 2. The van der Waals surface area contributed by atoms with Gasteiger partial charge in [0.25, 0.3) is 0 Å². The third-order valence-corrected chi connectivity index (χ3v) is 5.72. The van der Waals surface area contributed by atoms with Crippen molar-refractivity contribution in [1.29, 1.82) is 0 Å². The highest BCUT2D eigenvalue weighted by molar-refractivity contribution is 9.10. The predicted molar refractivity (Wildman–Crippen MR) is 113 cm³/mol. The minimum atomic E-state index is -0.476. The second-order valence-corrected chi connectivity index (χ2v) is 7.79. The number of aromatic amines is 1. The molecule has 1 aliphatic rings. The molecule has 0 fully saturated rings. The van der Waals surface area contributed by atoms with Crippen LogP contribution in [0.25, 0.3) is 10.9 Å². The summed E-state index contributed by atoms with van der Waals surface area (Å²) in [7, 11) is 1.32. The fourth-order valence-electron chi connectivity index (χ4n) is 3.82. The number of hydrogen-bond acceptors (Lipinski definition) is 4. The first-order chi connectivity index (χ1) is 14.0. The smallest absolute Gasteiger partial charge is 0.338 e. The Balaban J connectivity index is 1.63. The Morgan fingerprint density at radius 3 is 2.90 bits per heavy atom. The van der Waals surface area contributed by atoms with Crippen LogP contribution in [-0.2, 0) is 11.2 Å². The van der Waals surface area contributed by atoms with Gasteiger partial charge in [-0.25, -0.2) is 9.59 Å². The van der Waals surface area contributed by atoms with Crippen LogP contribution in [0.1, 0.15) is 27.5 Å². The molecule has 0 bridgehead atoms. The first-order valence-electron chi connectivity index (χ1n) is 9.18. The number of rotatable bonds is 3. The average molecular weight is 458 g/mol. The monoisotopic (exact) mass is 457 g/mol. The number of hydrogen-bond donors (Lipinski definition) is 3. The first kappa shape index (κ1) is 19.5. The molecule has 8 heteroatoms. The number of halogens is 1. The Morgan fingerprint density at radius 1 is 1.31 bits per heavy atom. The van der Waals surface area contributed by atoms with Crippen molar-refractivity contribution in [3.63, 3.8) is 0 Å². The van der Waals surface area contributed by atoms with E-state index in [0.717, 1.165) is 26.5 Å². The fraction of sp³-hybridized carbons (Fsp3) is 0.238. The summed E-state index contributed by atoms with van der Waals surface area (Å²) in [5.74, 6) is -0.476. The number of aliphatic hydroxyl groups is 1. The van der Waals surface area contributed by atoms with Gasteiger partial charge in [-0.3, -0.25) is 0 Å². The summed E-state index contributed by atoms with van der Waals surface area (Å²) in [6.07, 6.45) is 2.43. The van der Waals surface area contributed by atoms with Crippen LogP contribution in [0.5, 0.6) is 0 Å². The number of carbonyl (C=O) groups excluding carboxylic acids is 2. The number of anilines is 1. The minimum absolute atomic E-state index is 0.181. The number of benzene rings is 2. The van der Waals surface area contributed by atoms with Crippen LogP contribution in [-0.4, -0.2) is 47.3 Å². The number of aromatic nitrogens is 1. The van der Waals surface area contributed by atoms with Crippen molar-refractivity contribution in [2.24, 2.45) is 0 Å². The van der Waals surface area contributed by atoms with E-state index in [1.54, 1.807) is 29.3 Å². The molecule has 1 unspecified atom stereocenters. The van der Waals surface area contributed by atoms with E-state index >= 15 is 0 Å². The van der Waals surface area contributed by atoms with Crippen molar-refractivity contribution >= 4 is 44.5 Å². The Labute approximate surface area is 175 Å². The Hall–Kier alpha value is -2.84. The summed E-state index contributed by atoms with van der Waals surface area (Å²) < 4.78 is 5.76. The number of nitrogens with zero attached hydrogens (tertiary/aromatic N) is 1. The molecule has 0 saturated carbocycles. The number of methoxy groups -OCH3 is 1. The highest BCUT2D eigenvalue weighted by atomic mass is 79.9. The van der Waals surface area contributed by atoms with Crippen LogP contribution in [0, 0.1) is 0 Å². The van der Waals surface area contributed by atoms with E-state index in [9.17, 15) is 14.7 Å². The number of nitrogens with one attached hydrogen (secondary N) is 2. The minimum Gasteiger partial charge on any atom is -0.465 e. The number of esters is 1. The van der Waals surface area contributed by atoms with E-state index in [4.69, 9.17) is 4.74 Å². The van der Waals surface area contributed by atoms with Gasteiger partial charge in [-0.05, 0) is 47.9 Å². The van der Waals surface area contributed by atoms with Crippen molar-refractivity contribution in [3.05, 3.63) is 63.8 Å². The lowest BCUT2D eigenvalue weighted by atomic mass is 9.93. The molecule has 3 aromatic rings. The largest absolute Gasteiger partial charge is 0.465 e. The summed E-state index contributed by atoms with van der Waals surface area (Å²) in [6.45, 7) is 0.306. The number of aliphatic hydroxyl groups excluding tert-OH is 1. The molecule has 29 heavy (non-hydrogen) atoms. The first-order valence-corrected chi connectivity index (χ1v) is 9.97. The summed E-state index contributed by atoms with van der Waals surface area (Å²) in [5.41, 5.74) is 3.61. The number of ether oxygens (including phenoxy) is 1. The molecule has 0 saturated heterocycles. The zero-order valence-electron chi connectivity index (χ0n) is 15.7. The molecule has 0 aliphatic carbocycles. The molecule has 1 atom stereocenters. The highest BCUT2D eigenvalue weighted by Gasteiger charge is 2.30. The van der Waals surface area contributed by atoms with E-state index in [-0.39, 0.29) is 12.6 Å². The number of H-pyrrole nitrogens is 1. The molecule has 1 aliphatic heterocycles. The Kier molecular flexibility index (Phi) is 5.29. The van der Waals surface area contributed by atoms with E-state index in [0.29, 0.717) is 24.2 Å². The lowest BCUT2D eigenvalue weighted by molar-refractivity contribution is 0.0603. The topological polar surface area (TPSA) is 94.7 Å². The van der Waals surface area contributed by atoms with Gasteiger partial charge in [0.2, 0.25) is 0 Å². The van der Waals surface area contributed by atoms with Gasteiger partial charge in [-0.2, -0.15) is 0 Å². The molecule has 2 amide bonds. The lowest BCUT2D eigenvalue weighted by Crippen LogP contribution is -2.43. The molecule has 7 nitrogen and oxygen atoms in total. The van der Waals surface area contributed by atoms with E-state index in [1.165, 1.54) is 7.11 Å². The molecule has 0 spiro atoms. The van der Waals surface area contributed by atoms with Gasteiger partial charge in [0.05, 0.1) is 25.3 Å². The van der Waals surface area contributed by atoms with Crippen LogP contribution >= 0.6 is 15.9 Å². The highest BCUT2D eigenvalue weighted by Crippen LogP contribution is 2.32. The summed E-state index contributed by atoms with van der Waals surface area (Å²) in [5, 5.41) is 13.6. The lowest BCUT2D eigenvalue weighted by Gasteiger charge is -2.36. The van der Waals surface area contributed by atoms with E-state index < -0.39 is 12.0 Å². The SMILES string of the molecule is COC(=O)c1cc(NC(=O)N2CCc3ccc(Br)cc3C2CO)cc2[nH]ccc12.